The molecule has 0 radical (unpaired) electrons. The Morgan fingerprint density at radius 1 is 1.24 bits per heavy atom. The van der Waals surface area contributed by atoms with Crippen molar-refractivity contribution >= 4 is 22.1 Å². The number of nitrogens with one attached hydrogen (secondary N) is 1. The molecule has 1 aromatic carbocycles. The Labute approximate surface area is 127 Å². The summed E-state index contributed by atoms with van der Waals surface area (Å²) in [5, 5.41) is 6.01. The normalized spacial score (nSPS) is 21.4. The molecule has 0 bridgehead atoms. The Morgan fingerprint density at radius 2 is 2.05 bits per heavy atom. The van der Waals surface area contributed by atoms with Crippen molar-refractivity contribution in [3.63, 3.8) is 0 Å². The smallest absolute Gasteiger partial charge is 0.0424 e. The Balaban J connectivity index is 2.00. The van der Waals surface area contributed by atoms with Gasteiger partial charge in [-0.15, -0.1) is 0 Å². The van der Waals surface area contributed by atoms with Crippen LogP contribution >= 0.6 is 0 Å². The van der Waals surface area contributed by atoms with E-state index in [-0.39, 0.29) is 0 Å². The third-order valence-corrected chi connectivity index (χ3v) is 4.91. The maximum absolute atomic E-state index is 6.09. The Kier molecular flexibility index (Phi) is 3.52. The van der Waals surface area contributed by atoms with Gasteiger partial charge >= 0.3 is 0 Å². The van der Waals surface area contributed by atoms with Gasteiger partial charge in [0.1, 0.15) is 0 Å². The van der Waals surface area contributed by atoms with Gasteiger partial charge in [-0.3, -0.25) is 4.98 Å². The topological polar surface area (TPSA) is 50.9 Å². The van der Waals surface area contributed by atoms with E-state index < -0.39 is 0 Å². The summed E-state index contributed by atoms with van der Waals surface area (Å²) in [5.41, 5.74) is 9.44. The van der Waals surface area contributed by atoms with Crippen LogP contribution in [-0.2, 0) is 0 Å². The number of nitrogens with two attached hydrogens (primary N) is 1. The second-order valence-corrected chi connectivity index (χ2v) is 7.00. The predicted octanol–water partition coefficient (Wildman–Crippen LogP) is 4.51. The Morgan fingerprint density at radius 3 is 2.81 bits per heavy atom. The van der Waals surface area contributed by atoms with Crippen molar-refractivity contribution in [3.05, 3.63) is 30.1 Å². The monoisotopic (exact) mass is 283 g/mol. The molecule has 0 aliphatic heterocycles. The average molecular weight is 283 g/mol. The number of anilines is 2. The van der Waals surface area contributed by atoms with Gasteiger partial charge in [-0.05, 0) is 43.4 Å². The van der Waals surface area contributed by atoms with Crippen molar-refractivity contribution in [2.75, 3.05) is 11.1 Å². The number of aromatic nitrogens is 1. The summed E-state index contributed by atoms with van der Waals surface area (Å²) in [4.78, 5) is 4.38. The van der Waals surface area contributed by atoms with E-state index in [0.717, 1.165) is 16.8 Å². The number of pyridine rings is 1. The Bertz CT molecular complexity index is 661. The number of nitrogen functional groups attached to an aromatic ring is 1. The van der Waals surface area contributed by atoms with E-state index >= 15 is 0 Å². The summed E-state index contributed by atoms with van der Waals surface area (Å²) in [5.74, 6) is 0. The van der Waals surface area contributed by atoms with E-state index in [1.165, 1.54) is 36.8 Å². The summed E-state index contributed by atoms with van der Waals surface area (Å²) >= 11 is 0. The Hall–Kier alpha value is -1.77. The van der Waals surface area contributed by atoms with Crippen molar-refractivity contribution in [1.82, 2.24) is 4.98 Å². The number of benzene rings is 1. The summed E-state index contributed by atoms with van der Waals surface area (Å²) in [6, 6.07) is 6.75. The van der Waals surface area contributed by atoms with Crippen molar-refractivity contribution < 1.29 is 0 Å². The molecule has 3 nitrogen and oxygen atoms in total. The molecular formula is C18H25N3. The lowest BCUT2D eigenvalue weighted by Crippen LogP contribution is -2.38. The van der Waals surface area contributed by atoms with Gasteiger partial charge in [0, 0.05) is 40.1 Å². The fourth-order valence-corrected chi connectivity index (χ4v) is 3.44. The molecule has 2 aromatic rings. The van der Waals surface area contributed by atoms with Crippen molar-refractivity contribution in [3.8, 4) is 0 Å². The zero-order valence-electron chi connectivity index (χ0n) is 13.2. The van der Waals surface area contributed by atoms with Crippen LogP contribution in [-0.4, -0.2) is 11.0 Å². The van der Waals surface area contributed by atoms with Crippen LogP contribution in [0.15, 0.2) is 24.4 Å². The van der Waals surface area contributed by atoms with E-state index in [4.69, 9.17) is 5.73 Å². The van der Waals surface area contributed by atoms with Crippen LogP contribution < -0.4 is 11.1 Å². The molecule has 1 fully saturated rings. The van der Waals surface area contributed by atoms with E-state index in [1.54, 1.807) is 0 Å². The molecule has 1 aromatic heterocycles. The number of hydrogen-bond acceptors (Lipinski definition) is 3. The van der Waals surface area contributed by atoms with Crippen LogP contribution in [0.2, 0.25) is 0 Å². The lowest BCUT2D eigenvalue weighted by Gasteiger charge is -2.40. The summed E-state index contributed by atoms with van der Waals surface area (Å²) in [6.07, 6.45) is 7.07. The molecule has 0 saturated heterocycles. The first-order valence-electron chi connectivity index (χ1n) is 7.89. The molecule has 1 heterocycles. The van der Waals surface area contributed by atoms with Crippen molar-refractivity contribution in [2.45, 2.75) is 52.5 Å². The number of aryl methyl sites for hydroxylation is 1. The van der Waals surface area contributed by atoms with Gasteiger partial charge in [0.2, 0.25) is 0 Å². The molecule has 3 rings (SSSR count). The lowest BCUT2D eigenvalue weighted by atomic mass is 9.73. The zero-order valence-corrected chi connectivity index (χ0v) is 13.2. The van der Waals surface area contributed by atoms with Crippen LogP contribution in [0, 0.1) is 12.3 Å². The standard InChI is InChI=1S/C18H25N3/c1-12-10-13-14(11-20-12)15(19)7-8-16(13)21-17-6-4-5-9-18(17,2)3/h7-8,10-11,17,21H,4-6,9,19H2,1-3H3. The number of fused-ring (bicyclic) bond motifs is 1. The molecule has 3 N–H and O–H groups in total. The summed E-state index contributed by atoms with van der Waals surface area (Å²) in [7, 11) is 0. The van der Waals surface area contributed by atoms with E-state index in [9.17, 15) is 0 Å². The van der Waals surface area contributed by atoms with Gasteiger partial charge < -0.3 is 11.1 Å². The third kappa shape index (κ3) is 2.69. The molecule has 1 unspecified atom stereocenters. The summed E-state index contributed by atoms with van der Waals surface area (Å²) < 4.78 is 0. The highest BCUT2D eigenvalue weighted by Gasteiger charge is 2.32. The van der Waals surface area contributed by atoms with Crippen LogP contribution in [0.25, 0.3) is 10.8 Å². The first-order valence-corrected chi connectivity index (χ1v) is 7.89. The summed E-state index contributed by atoms with van der Waals surface area (Å²) in [6.45, 7) is 6.77. The van der Waals surface area contributed by atoms with E-state index in [2.05, 4.69) is 36.3 Å². The SMILES string of the molecule is Cc1cc2c(NC3CCCCC3(C)C)ccc(N)c2cn1. The molecule has 1 aliphatic carbocycles. The molecule has 1 saturated carbocycles. The highest BCUT2D eigenvalue weighted by molar-refractivity contribution is 6.00. The van der Waals surface area contributed by atoms with Crippen LogP contribution in [0.1, 0.15) is 45.2 Å². The van der Waals surface area contributed by atoms with Gasteiger partial charge in [0.15, 0.2) is 0 Å². The quantitative estimate of drug-likeness (QED) is 0.797. The number of nitrogens with zero attached hydrogens (tertiary/aromatic N) is 1. The predicted molar refractivity (Wildman–Crippen MR) is 90.6 cm³/mol. The number of rotatable bonds is 2. The van der Waals surface area contributed by atoms with Gasteiger partial charge in [-0.25, -0.2) is 0 Å². The molecule has 0 spiro atoms. The zero-order chi connectivity index (χ0) is 15.0. The first kappa shape index (κ1) is 14.2. The fraction of sp³-hybridized carbons (Fsp3) is 0.500. The highest BCUT2D eigenvalue weighted by Crippen LogP contribution is 2.39. The van der Waals surface area contributed by atoms with E-state index in [0.29, 0.717) is 11.5 Å². The molecule has 3 heteroatoms. The van der Waals surface area contributed by atoms with Gasteiger partial charge in [-0.2, -0.15) is 0 Å². The van der Waals surface area contributed by atoms with Gasteiger partial charge in [0.25, 0.3) is 0 Å². The molecule has 0 amide bonds. The number of hydrogen-bond donors (Lipinski definition) is 2. The second kappa shape index (κ2) is 5.21. The molecule has 1 aliphatic rings. The van der Waals surface area contributed by atoms with Crippen molar-refractivity contribution in [1.29, 1.82) is 0 Å². The van der Waals surface area contributed by atoms with Crippen LogP contribution in [0.3, 0.4) is 0 Å². The minimum atomic E-state index is 0.341. The minimum absolute atomic E-state index is 0.341. The highest BCUT2D eigenvalue weighted by atomic mass is 14.9. The van der Waals surface area contributed by atoms with E-state index in [1.807, 2.05) is 19.2 Å². The third-order valence-electron chi connectivity index (χ3n) is 4.91. The largest absolute Gasteiger partial charge is 0.398 e. The van der Waals surface area contributed by atoms with Crippen LogP contribution in [0.5, 0.6) is 0 Å². The maximum Gasteiger partial charge on any atom is 0.0424 e. The molecule has 1 atom stereocenters. The maximum atomic E-state index is 6.09. The van der Waals surface area contributed by atoms with Crippen molar-refractivity contribution in [2.24, 2.45) is 5.41 Å². The second-order valence-electron chi connectivity index (χ2n) is 7.00. The van der Waals surface area contributed by atoms with Gasteiger partial charge in [-0.1, -0.05) is 26.7 Å². The van der Waals surface area contributed by atoms with Crippen LogP contribution in [0.4, 0.5) is 11.4 Å². The molecule has 112 valence electrons. The molecular weight excluding hydrogens is 258 g/mol. The molecule has 21 heavy (non-hydrogen) atoms. The first-order chi connectivity index (χ1) is 9.97. The lowest BCUT2D eigenvalue weighted by molar-refractivity contribution is 0.217. The fourth-order valence-electron chi connectivity index (χ4n) is 3.44. The minimum Gasteiger partial charge on any atom is -0.398 e. The average Bonchev–Trinajstić information content (AvgIpc) is 2.43. The van der Waals surface area contributed by atoms with Gasteiger partial charge in [0.05, 0.1) is 0 Å².